The number of aryl methyl sites for hydroxylation is 1. The van der Waals surface area contributed by atoms with Gasteiger partial charge in [0, 0.05) is 23.3 Å². The fourth-order valence-corrected chi connectivity index (χ4v) is 2.36. The molecule has 0 saturated carbocycles. The Bertz CT molecular complexity index is 901. The van der Waals surface area contributed by atoms with Gasteiger partial charge in [-0.2, -0.15) is 0 Å². The van der Waals surface area contributed by atoms with Crippen molar-refractivity contribution in [2.45, 2.75) is 19.9 Å². The van der Waals surface area contributed by atoms with Crippen LogP contribution in [0.4, 0.5) is 14.5 Å². The first-order valence-corrected chi connectivity index (χ1v) is 7.85. The van der Waals surface area contributed by atoms with Gasteiger partial charge in [0.15, 0.2) is 6.61 Å². The minimum absolute atomic E-state index is 0.0715. The number of esters is 1. The van der Waals surface area contributed by atoms with E-state index < -0.39 is 41.1 Å². The Kier molecular flexibility index (Phi) is 6.17. The standard InChI is InChI=1S/C18H16F2N2O5/c1-10-3-4-12(7-16(10)22(25)26)18(24)27-9-17(23)21-11(2)14-6-5-13(19)8-15(14)20/h3-8,11H,9H2,1-2H3,(H,21,23)/t11-/m1/s1. The van der Waals surface area contributed by atoms with Gasteiger partial charge in [0.1, 0.15) is 11.6 Å². The van der Waals surface area contributed by atoms with E-state index in [9.17, 15) is 28.5 Å². The van der Waals surface area contributed by atoms with E-state index in [1.165, 1.54) is 32.0 Å². The largest absolute Gasteiger partial charge is 0.452 e. The summed E-state index contributed by atoms with van der Waals surface area (Å²) in [5, 5.41) is 13.3. The molecule has 0 aliphatic rings. The summed E-state index contributed by atoms with van der Waals surface area (Å²) in [5.74, 6) is -3.17. The van der Waals surface area contributed by atoms with E-state index in [1.54, 1.807) is 0 Å². The summed E-state index contributed by atoms with van der Waals surface area (Å²) in [5.41, 5.74) is 0.140. The van der Waals surface area contributed by atoms with Crippen molar-refractivity contribution in [2.75, 3.05) is 6.61 Å². The molecule has 0 fully saturated rings. The molecule has 0 unspecified atom stereocenters. The third-order valence-corrected chi connectivity index (χ3v) is 3.78. The Labute approximate surface area is 153 Å². The highest BCUT2D eigenvalue weighted by molar-refractivity contribution is 5.92. The van der Waals surface area contributed by atoms with Crippen molar-refractivity contribution in [1.29, 1.82) is 0 Å². The zero-order valence-corrected chi connectivity index (χ0v) is 14.5. The monoisotopic (exact) mass is 378 g/mol. The maximum Gasteiger partial charge on any atom is 0.338 e. The first-order chi connectivity index (χ1) is 12.7. The molecule has 0 aliphatic heterocycles. The van der Waals surface area contributed by atoms with Crippen molar-refractivity contribution in [3.05, 3.63) is 74.8 Å². The molecule has 2 aromatic carbocycles. The molecule has 9 heteroatoms. The van der Waals surface area contributed by atoms with Crippen molar-refractivity contribution in [3.63, 3.8) is 0 Å². The van der Waals surface area contributed by atoms with Crippen molar-refractivity contribution in [2.24, 2.45) is 0 Å². The number of nitrogens with one attached hydrogen (secondary N) is 1. The minimum atomic E-state index is -0.908. The fraction of sp³-hybridized carbons (Fsp3) is 0.222. The highest BCUT2D eigenvalue weighted by Gasteiger charge is 2.18. The number of halogens is 2. The zero-order chi connectivity index (χ0) is 20.1. The molecule has 0 saturated heterocycles. The van der Waals surface area contributed by atoms with Crippen molar-refractivity contribution in [1.82, 2.24) is 5.32 Å². The fourth-order valence-electron chi connectivity index (χ4n) is 2.36. The molecule has 0 spiro atoms. The van der Waals surface area contributed by atoms with E-state index in [2.05, 4.69) is 5.32 Å². The first kappa shape index (κ1) is 20.0. The van der Waals surface area contributed by atoms with Crippen LogP contribution in [0.1, 0.15) is 34.5 Å². The maximum atomic E-state index is 13.7. The molecule has 0 heterocycles. The summed E-state index contributed by atoms with van der Waals surface area (Å²) in [6.45, 7) is 2.35. The molecule has 1 amide bonds. The molecular formula is C18H16F2N2O5. The lowest BCUT2D eigenvalue weighted by atomic mass is 10.1. The lowest BCUT2D eigenvalue weighted by Crippen LogP contribution is -2.31. The molecule has 1 atom stereocenters. The lowest BCUT2D eigenvalue weighted by molar-refractivity contribution is -0.385. The summed E-state index contributed by atoms with van der Waals surface area (Å²) in [6.07, 6.45) is 0. The number of carbonyl (C=O) groups excluding carboxylic acids is 2. The van der Waals surface area contributed by atoms with Crippen LogP contribution in [0.2, 0.25) is 0 Å². The Morgan fingerprint density at radius 1 is 1.22 bits per heavy atom. The third-order valence-electron chi connectivity index (χ3n) is 3.78. The van der Waals surface area contributed by atoms with Gasteiger partial charge in [-0.15, -0.1) is 0 Å². The Morgan fingerprint density at radius 3 is 2.56 bits per heavy atom. The summed E-state index contributed by atoms with van der Waals surface area (Å²) in [6, 6.07) is 5.98. The predicted molar refractivity (Wildman–Crippen MR) is 91.0 cm³/mol. The van der Waals surface area contributed by atoms with E-state index >= 15 is 0 Å². The van der Waals surface area contributed by atoms with Crippen LogP contribution in [0.15, 0.2) is 36.4 Å². The summed E-state index contributed by atoms with van der Waals surface area (Å²) < 4.78 is 31.4. The number of hydrogen-bond acceptors (Lipinski definition) is 5. The van der Waals surface area contributed by atoms with Crippen LogP contribution in [0.5, 0.6) is 0 Å². The number of hydrogen-bond donors (Lipinski definition) is 1. The van der Waals surface area contributed by atoms with Gasteiger partial charge in [0.25, 0.3) is 11.6 Å². The van der Waals surface area contributed by atoms with E-state index in [0.29, 0.717) is 11.6 Å². The van der Waals surface area contributed by atoms with Gasteiger partial charge in [-0.3, -0.25) is 14.9 Å². The summed E-state index contributed by atoms with van der Waals surface area (Å²) >= 11 is 0. The number of nitro groups is 1. The van der Waals surface area contributed by atoms with E-state index in [0.717, 1.165) is 12.1 Å². The number of ether oxygens (including phenoxy) is 1. The number of rotatable bonds is 6. The van der Waals surface area contributed by atoms with Crippen LogP contribution in [0.25, 0.3) is 0 Å². The molecule has 2 rings (SSSR count). The SMILES string of the molecule is Cc1ccc(C(=O)OCC(=O)N[C@H](C)c2ccc(F)cc2F)cc1[N+](=O)[O-]. The van der Waals surface area contributed by atoms with Crippen LogP contribution in [-0.2, 0) is 9.53 Å². The van der Waals surface area contributed by atoms with Crippen molar-refractivity contribution >= 4 is 17.6 Å². The quantitative estimate of drug-likeness (QED) is 0.473. The molecular weight excluding hydrogens is 362 g/mol. The highest BCUT2D eigenvalue weighted by Crippen LogP contribution is 2.20. The molecule has 0 bridgehead atoms. The Hall–Kier alpha value is -3.36. The Morgan fingerprint density at radius 2 is 1.93 bits per heavy atom. The minimum Gasteiger partial charge on any atom is -0.452 e. The molecule has 2 aromatic rings. The van der Waals surface area contributed by atoms with Gasteiger partial charge in [-0.05, 0) is 26.0 Å². The summed E-state index contributed by atoms with van der Waals surface area (Å²) in [4.78, 5) is 34.1. The van der Waals surface area contributed by atoms with Gasteiger partial charge in [-0.25, -0.2) is 13.6 Å². The third kappa shape index (κ3) is 5.06. The van der Waals surface area contributed by atoms with Gasteiger partial charge in [0.2, 0.25) is 0 Å². The molecule has 1 N–H and O–H groups in total. The number of nitrogens with zero attached hydrogens (tertiary/aromatic N) is 1. The van der Waals surface area contributed by atoms with E-state index in [1.807, 2.05) is 0 Å². The molecule has 0 aromatic heterocycles. The van der Waals surface area contributed by atoms with Crippen molar-refractivity contribution < 1.29 is 28.0 Å². The number of benzene rings is 2. The number of carbonyl (C=O) groups is 2. The Balaban J connectivity index is 1.96. The number of nitro benzene ring substituents is 1. The average molecular weight is 378 g/mol. The van der Waals surface area contributed by atoms with E-state index in [4.69, 9.17) is 4.74 Å². The highest BCUT2D eigenvalue weighted by atomic mass is 19.1. The predicted octanol–water partition coefficient (Wildman–Crippen LogP) is 3.22. The van der Waals surface area contributed by atoms with Gasteiger partial charge in [0.05, 0.1) is 16.5 Å². The van der Waals surface area contributed by atoms with Crippen molar-refractivity contribution in [3.8, 4) is 0 Å². The van der Waals surface area contributed by atoms with Gasteiger partial charge >= 0.3 is 5.97 Å². The lowest BCUT2D eigenvalue weighted by Gasteiger charge is -2.15. The van der Waals surface area contributed by atoms with Gasteiger partial charge in [-0.1, -0.05) is 12.1 Å². The van der Waals surface area contributed by atoms with Crippen LogP contribution in [-0.4, -0.2) is 23.4 Å². The van der Waals surface area contributed by atoms with E-state index in [-0.39, 0.29) is 16.8 Å². The molecule has 142 valence electrons. The van der Waals surface area contributed by atoms with Crippen LogP contribution in [0, 0.1) is 28.7 Å². The molecule has 0 radical (unpaired) electrons. The topological polar surface area (TPSA) is 98.5 Å². The summed E-state index contributed by atoms with van der Waals surface area (Å²) in [7, 11) is 0. The normalized spacial score (nSPS) is 11.6. The molecule has 7 nitrogen and oxygen atoms in total. The number of amides is 1. The van der Waals surface area contributed by atoms with Gasteiger partial charge < -0.3 is 10.1 Å². The second-order valence-corrected chi connectivity index (χ2v) is 5.79. The average Bonchev–Trinajstić information content (AvgIpc) is 2.59. The zero-order valence-electron chi connectivity index (χ0n) is 14.5. The molecule has 0 aliphatic carbocycles. The maximum absolute atomic E-state index is 13.7. The van der Waals surface area contributed by atoms with Crippen LogP contribution in [0.3, 0.4) is 0 Å². The smallest absolute Gasteiger partial charge is 0.338 e. The first-order valence-electron chi connectivity index (χ1n) is 7.85. The van der Waals surface area contributed by atoms with Crippen LogP contribution < -0.4 is 5.32 Å². The molecule has 27 heavy (non-hydrogen) atoms. The second kappa shape index (κ2) is 8.35. The second-order valence-electron chi connectivity index (χ2n) is 5.79. The van der Waals surface area contributed by atoms with Crippen LogP contribution >= 0.6 is 0 Å².